The van der Waals surface area contributed by atoms with Crippen molar-refractivity contribution in [3.8, 4) is 11.5 Å². The first-order valence-corrected chi connectivity index (χ1v) is 11.4. The molecular weight excluding hydrogens is 598 g/mol. The SMILES string of the molecule is COc1ccc(C(=O)N2CCCN(C(=O)c3ccc(OC)c(I)c3)CC2)cc1I. The van der Waals surface area contributed by atoms with Gasteiger partial charge in [-0.15, -0.1) is 0 Å². The molecule has 1 aliphatic heterocycles. The first kappa shape index (κ1) is 22.1. The Morgan fingerprint density at radius 2 is 1.17 bits per heavy atom. The molecule has 1 saturated heterocycles. The van der Waals surface area contributed by atoms with Gasteiger partial charge in [0.15, 0.2) is 0 Å². The molecule has 0 bridgehead atoms. The van der Waals surface area contributed by atoms with Crippen LogP contribution >= 0.6 is 45.2 Å². The maximum Gasteiger partial charge on any atom is 0.253 e. The van der Waals surface area contributed by atoms with Crippen LogP contribution in [0.5, 0.6) is 11.5 Å². The summed E-state index contributed by atoms with van der Waals surface area (Å²) in [6, 6.07) is 10.9. The lowest BCUT2D eigenvalue weighted by atomic mass is 10.2. The van der Waals surface area contributed by atoms with Crippen LogP contribution in [0.4, 0.5) is 0 Å². The smallest absolute Gasteiger partial charge is 0.253 e. The second kappa shape index (κ2) is 9.96. The van der Waals surface area contributed by atoms with Crippen molar-refractivity contribution in [1.29, 1.82) is 0 Å². The van der Waals surface area contributed by atoms with Gasteiger partial charge in [-0.2, -0.15) is 0 Å². The Hall–Kier alpha value is -1.56. The monoisotopic (exact) mass is 620 g/mol. The summed E-state index contributed by atoms with van der Waals surface area (Å²) in [6.07, 6.45) is 0.748. The van der Waals surface area contributed by atoms with Crippen molar-refractivity contribution in [2.45, 2.75) is 6.42 Å². The van der Waals surface area contributed by atoms with E-state index in [0.29, 0.717) is 37.3 Å². The molecule has 2 aromatic carbocycles. The van der Waals surface area contributed by atoms with Crippen LogP contribution in [0.2, 0.25) is 0 Å². The number of hydrogen-bond donors (Lipinski definition) is 0. The lowest BCUT2D eigenvalue weighted by molar-refractivity contribution is 0.0718. The van der Waals surface area contributed by atoms with E-state index in [-0.39, 0.29) is 11.8 Å². The van der Waals surface area contributed by atoms with Gasteiger partial charge in [0, 0.05) is 37.3 Å². The van der Waals surface area contributed by atoms with Crippen LogP contribution in [-0.4, -0.2) is 62.0 Å². The summed E-state index contributed by atoms with van der Waals surface area (Å²) < 4.78 is 12.3. The Morgan fingerprint density at radius 3 is 1.52 bits per heavy atom. The number of carbonyl (C=O) groups is 2. The molecule has 1 heterocycles. The number of halogens is 2. The van der Waals surface area contributed by atoms with Crippen LogP contribution in [0.3, 0.4) is 0 Å². The molecule has 0 atom stereocenters. The van der Waals surface area contributed by atoms with Crippen molar-refractivity contribution in [2.24, 2.45) is 0 Å². The fourth-order valence-electron chi connectivity index (χ4n) is 3.29. The van der Waals surface area contributed by atoms with Crippen molar-refractivity contribution in [3.63, 3.8) is 0 Å². The largest absolute Gasteiger partial charge is 0.496 e. The van der Waals surface area contributed by atoms with E-state index in [9.17, 15) is 9.59 Å². The second-order valence-electron chi connectivity index (χ2n) is 6.64. The normalized spacial score (nSPS) is 14.3. The molecule has 0 radical (unpaired) electrons. The molecule has 1 aliphatic rings. The molecule has 154 valence electrons. The number of nitrogens with zero attached hydrogens (tertiary/aromatic N) is 2. The van der Waals surface area contributed by atoms with E-state index in [2.05, 4.69) is 45.2 Å². The van der Waals surface area contributed by atoms with Crippen LogP contribution in [0, 0.1) is 7.14 Å². The van der Waals surface area contributed by atoms with Crippen LogP contribution in [-0.2, 0) is 0 Å². The number of methoxy groups -OCH3 is 2. The van der Waals surface area contributed by atoms with Gasteiger partial charge in [-0.3, -0.25) is 9.59 Å². The molecule has 6 nitrogen and oxygen atoms in total. The number of amides is 2. The standard InChI is InChI=1S/C21H22I2N2O4/c1-28-18-6-4-14(12-16(18)22)20(26)24-8-3-9-25(11-10-24)21(27)15-5-7-19(29-2)17(23)13-15/h4-7,12-13H,3,8-11H2,1-2H3. The molecule has 3 rings (SSSR count). The quantitative estimate of drug-likeness (QED) is 0.487. The minimum absolute atomic E-state index is 0.0149. The van der Waals surface area contributed by atoms with Gasteiger partial charge in [0.1, 0.15) is 11.5 Å². The van der Waals surface area contributed by atoms with E-state index in [0.717, 1.165) is 25.1 Å². The third-order valence-corrected chi connectivity index (χ3v) is 6.55. The summed E-state index contributed by atoms with van der Waals surface area (Å²) >= 11 is 4.33. The average molecular weight is 620 g/mol. The number of benzene rings is 2. The maximum absolute atomic E-state index is 12.9. The second-order valence-corrected chi connectivity index (χ2v) is 8.96. The first-order chi connectivity index (χ1) is 13.9. The third-order valence-electron chi connectivity index (χ3n) is 4.87. The van der Waals surface area contributed by atoms with E-state index in [1.807, 2.05) is 34.1 Å². The van der Waals surface area contributed by atoms with Crippen LogP contribution in [0.1, 0.15) is 27.1 Å². The van der Waals surface area contributed by atoms with Crippen molar-refractivity contribution >= 4 is 57.0 Å². The van der Waals surface area contributed by atoms with Gasteiger partial charge in [-0.05, 0) is 88.0 Å². The topological polar surface area (TPSA) is 59.1 Å². The summed E-state index contributed by atoms with van der Waals surface area (Å²) in [5.74, 6) is 1.48. The predicted molar refractivity (Wildman–Crippen MR) is 128 cm³/mol. The summed E-state index contributed by atoms with van der Waals surface area (Å²) in [5, 5.41) is 0. The predicted octanol–water partition coefficient (Wildman–Crippen LogP) is 3.90. The highest BCUT2D eigenvalue weighted by Crippen LogP contribution is 2.24. The Balaban J connectivity index is 1.68. The fourth-order valence-corrected chi connectivity index (χ4v) is 4.76. The summed E-state index contributed by atoms with van der Waals surface area (Å²) in [5.41, 5.74) is 1.28. The average Bonchev–Trinajstić information content (AvgIpc) is 2.98. The molecule has 0 spiro atoms. The van der Waals surface area contributed by atoms with Gasteiger partial charge in [0.25, 0.3) is 11.8 Å². The van der Waals surface area contributed by atoms with Crippen LogP contribution < -0.4 is 9.47 Å². The Kier molecular flexibility index (Phi) is 7.60. The molecule has 2 amide bonds. The third kappa shape index (κ3) is 5.14. The molecule has 8 heteroatoms. The highest BCUT2D eigenvalue weighted by atomic mass is 127. The summed E-state index contributed by atoms with van der Waals surface area (Å²) in [7, 11) is 3.23. The van der Waals surface area contributed by atoms with Gasteiger partial charge in [-0.25, -0.2) is 0 Å². The molecule has 0 aliphatic carbocycles. The van der Waals surface area contributed by atoms with Crippen molar-refractivity contribution < 1.29 is 19.1 Å². The van der Waals surface area contributed by atoms with Gasteiger partial charge in [0.05, 0.1) is 21.4 Å². The number of ether oxygens (including phenoxy) is 2. The summed E-state index contributed by atoms with van der Waals surface area (Å²) in [6.45, 7) is 2.29. The molecule has 0 aromatic heterocycles. The molecular formula is C21H22I2N2O4. The van der Waals surface area contributed by atoms with Gasteiger partial charge >= 0.3 is 0 Å². The van der Waals surface area contributed by atoms with Gasteiger partial charge in [-0.1, -0.05) is 0 Å². The number of carbonyl (C=O) groups excluding carboxylic acids is 2. The van der Waals surface area contributed by atoms with E-state index in [1.165, 1.54) is 0 Å². The van der Waals surface area contributed by atoms with Gasteiger partial charge in [0.2, 0.25) is 0 Å². The zero-order valence-corrected chi connectivity index (χ0v) is 20.6. The Labute approximate surface area is 197 Å². The molecule has 0 saturated carbocycles. The fraction of sp³-hybridized carbons (Fsp3) is 0.333. The van der Waals surface area contributed by atoms with E-state index >= 15 is 0 Å². The van der Waals surface area contributed by atoms with E-state index < -0.39 is 0 Å². The lowest BCUT2D eigenvalue weighted by Gasteiger charge is -2.22. The van der Waals surface area contributed by atoms with Crippen molar-refractivity contribution in [2.75, 3.05) is 40.4 Å². The van der Waals surface area contributed by atoms with Crippen molar-refractivity contribution in [1.82, 2.24) is 9.80 Å². The highest BCUT2D eigenvalue weighted by molar-refractivity contribution is 14.1. The molecule has 29 heavy (non-hydrogen) atoms. The molecule has 1 fully saturated rings. The minimum atomic E-state index is -0.0149. The zero-order valence-electron chi connectivity index (χ0n) is 16.3. The Bertz CT molecular complexity index is 846. The minimum Gasteiger partial charge on any atom is -0.496 e. The highest BCUT2D eigenvalue weighted by Gasteiger charge is 2.24. The zero-order chi connectivity index (χ0) is 21.0. The molecule has 0 unspecified atom stereocenters. The van der Waals surface area contributed by atoms with Gasteiger partial charge < -0.3 is 19.3 Å². The first-order valence-electron chi connectivity index (χ1n) is 9.20. The molecule has 0 N–H and O–H groups in total. The summed E-state index contributed by atoms with van der Waals surface area (Å²) in [4.78, 5) is 29.5. The van der Waals surface area contributed by atoms with Crippen LogP contribution in [0.25, 0.3) is 0 Å². The lowest BCUT2D eigenvalue weighted by Crippen LogP contribution is -2.37. The van der Waals surface area contributed by atoms with E-state index in [4.69, 9.17) is 9.47 Å². The molecule has 2 aromatic rings. The van der Waals surface area contributed by atoms with Crippen LogP contribution in [0.15, 0.2) is 36.4 Å². The number of hydrogen-bond acceptors (Lipinski definition) is 4. The number of rotatable bonds is 4. The van der Waals surface area contributed by atoms with E-state index in [1.54, 1.807) is 26.4 Å². The Morgan fingerprint density at radius 1 is 0.759 bits per heavy atom. The maximum atomic E-state index is 12.9. The van der Waals surface area contributed by atoms with Crippen molar-refractivity contribution in [3.05, 3.63) is 54.7 Å².